The summed E-state index contributed by atoms with van der Waals surface area (Å²) >= 11 is 1.28. The summed E-state index contributed by atoms with van der Waals surface area (Å²) in [4.78, 5) is 50.3. The number of benzene rings is 2. The van der Waals surface area contributed by atoms with Gasteiger partial charge < -0.3 is 24.2 Å². The number of thiazole rings is 1. The monoisotopic (exact) mass is 662 g/mol. The van der Waals surface area contributed by atoms with Crippen molar-refractivity contribution in [1.29, 1.82) is 0 Å². The van der Waals surface area contributed by atoms with E-state index in [-0.39, 0.29) is 36.5 Å². The second kappa shape index (κ2) is 13.1. The molecule has 13 heteroatoms. The number of hydrogen-bond donors (Lipinski definition) is 2. The highest BCUT2D eigenvalue weighted by Gasteiger charge is 2.42. The zero-order valence-corrected chi connectivity index (χ0v) is 27.3. The van der Waals surface area contributed by atoms with Gasteiger partial charge in [-0.2, -0.15) is 0 Å². The predicted molar refractivity (Wildman–Crippen MR) is 177 cm³/mol. The molecule has 11 nitrogen and oxygen atoms in total. The van der Waals surface area contributed by atoms with Crippen molar-refractivity contribution in [2.24, 2.45) is 0 Å². The van der Waals surface area contributed by atoms with Gasteiger partial charge in [0.15, 0.2) is 11.2 Å². The number of amides is 3. The van der Waals surface area contributed by atoms with Gasteiger partial charge >= 0.3 is 6.09 Å². The lowest BCUT2D eigenvalue weighted by molar-refractivity contribution is -0.121. The van der Waals surface area contributed by atoms with Crippen LogP contribution in [0.2, 0.25) is 0 Å². The third-order valence-electron chi connectivity index (χ3n) is 8.25. The number of aryl methyl sites for hydroxylation is 1. The molecule has 3 aliphatic heterocycles. The van der Waals surface area contributed by atoms with Crippen molar-refractivity contribution in [1.82, 2.24) is 24.3 Å². The second-order valence-electron chi connectivity index (χ2n) is 12.7. The van der Waals surface area contributed by atoms with Crippen molar-refractivity contribution in [2.75, 3.05) is 18.4 Å². The van der Waals surface area contributed by atoms with Crippen LogP contribution in [-0.2, 0) is 29.0 Å². The highest BCUT2D eigenvalue weighted by molar-refractivity contribution is 7.13. The van der Waals surface area contributed by atoms with Crippen LogP contribution in [0.4, 0.5) is 14.3 Å². The number of anilines is 1. The number of ether oxygens (including phenoxy) is 1. The van der Waals surface area contributed by atoms with Gasteiger partial charge in [-0.05, 0) is 81.8 Å². The van der Waals surface area contributed by atoms with E-state index in [2.05, 4.69) is 15.3 Å². The third-order valence-corrected chi connectivity index (χ3v) is 8.93. The molecular weight excluding hydrogens is 623 g/mol. The number of halogens is 1. The molecular formula is C34H39FN6O5S. The minimum Gasteiger partial charge on any atom is -0.508 e. The molecule has 0 radical (unpaired) electrons. The van der Waals surface area contributed by atoms with E-state index in [1.807, 2.05) is 25.3 Å². The van der Waals surface area contributed by atoms with Gasteiger partial charge in [-0.1, -0.05) is 12.1 Å². The average Bonchev–Trinajstić information content (AvgIpc) is 3.85. The number of phenolic OH excluding ortho intramolecular Hbond substituents is 1. The Kier molecular flexibility index (Phi) is 9.00. The lowest BCUT2D eigenvalue weighted by atomic mass is 10.00. The summed E-state index contributed by atoms with van der Waals surface area (Å²) < 4.78 is 22.4. The Labute approximate surface area is 277 Å². The summed E-state index contributed by atoms with van der Waals surface area (Å²) in [6, 6.07) is 8.32. The number of aromatic nitrogens is 3. The smallest absolute Gasteiger partial charge is 0.410 e. The first-order chi connectivity index (χ1) is 22.5. The number of fused-ring (bicyclic) bond motifs is 2. The van der Waals surface area contributed by atoms with Gasteiger partial charge in [0.05, 0.1) is 18.6 Å². The van der Waals surface area contributed by atoms with E-state index in [9.17, 15) is 19.5 Å². The number of hydrogen-bond acceptors (Lipinski definition) is 8. The quantitative estimate of drug-likeness (QED) is 0.253. The van der Waals surface area contributed by atoms with Crippen LogP contribution in [0.15, 0.2) is 54.3 Å². The zero-order chi connectivity index (χ0) is 33.3. The minimum absolute atomic E-state index is 0. The molecule has 5 heterocycles. The molecule has 0 bridgehead atoms. The fourth-order valence-corrected chi connectivity index (χ4v) is 6.58. The number of rotatable bonds is 5. The van der Waals surface area contributed by atoms with Crippen molar-refractivity contribution in [3.63, 3.8) is 0 Å². The maximum absolute atomic E-state index is 15.2. The maximum Gasteiger partial charge on any atom is 0.410 e. The number of carbonyl (C=O) groups is 3. The van der Waals surface area contributed by atoms with Crippen LogP contribution < -0.4 is 5.32 Å². The Hall–Kier alpha value is -4.78. The van der Waals surface area contributed by atoms with Gasteiger partial charge in [0, 0.05) is 49.5 Å². The molecule has 2 aromatic carbocycles. The fraction of sp³-hybridized carbons (Fsp3) is 0.382. The molecule has 2 N–H and O–H groups in total. The molecule has 47 heavy (non-hydrogen) atoms. The maximum atomic E-state index is 15.2. The standard InChI is InChI=1S/C25H20FN5O3S.C9H17NO2.H2/c26-19-11-15(14-3-5-16(32)6-4-14)10-17-18(19)12-31(24(17)34)22(23(33)29-25-27-7-9-35-25)21-20-2-1-8-30(20)13-28-21;1-9(2,3)12-8(11)10-6-4-5-7-10;/h3-7,9-11,13,22,32H,1-2,8,12H2,(H,27,29,33);4-7H2,1-3H3;1H. The van der Waals surface area contributed by atoms with Crippen LogP contribution in [0.3, 0.4) is 0 Å². The molecule has 1 unspecified atom stereocenters. The molecule has 3 aliphatic rings. The lowest BCUT2D eigenvalue weighted by Gasteiger charge is -2.26. The Morgan fingerprint density at radius 3 is 2.49 bits per heavy atom. The number of aromatic hydroxyl groups is 1. The Balaban J connectivity index is 0.000000296. The predicted octanol–water partition coefficient (Wildman–Crippen LogP) is 6.40. The summed E-state index contributed by atoms with van der Waals surface area (Å²) in [6.07, 6.45) is 7.02. The van der Waals surface area contributed by atoms with E-state index in [1.165, 1.54) is 34.4 Å². The second-order valence-corrected chi connectivity index (χ2v) is 13.6. The zero-order valence-electron chi connectivity index (χ0n) is 26.5. The van der Waals surface area contributed by atoms with Gasteiger partial charge in [0.2, 0.25) is 0 Å². The fourth-order valence-electron chi connectivity index (χ4n) is 6.05. The minimum atomic E-state index is -1.02. The average molecular weight is 663 g/mol. The van der Waals surface area contributed by atoms with Gasteiger partial charge in [-0.3, -0.25) is 14.9 Å². The van der Waals surface area contributed by atoms with E-state index < -0.39 is 23.7 Å². The van der Waals surface area contributed by atoms with Crippen molar-refractivity contribution >= 4 is 34.4 Å². The first kappa shape index (κ1) is 32.2. The number of nitrogens with one attached hydrogen (secondary N) is 1. The molecule has 7 rings (SSSR count). The van der Waals surface area contributed by atoms with Crippen LogP contribution in [0, 0.1) is 5.82 Å². The Morgan fingerprint density at radius 2 is 1.81 bits per heavy atom. The van der Waals surface area contributed by atoms with Crippen LogP contribution >= 0.6 is 11.3 Å². The first-order valence-corrected chi connectivity index (χ1v) is 16.5. The van der Waals surface area contributed by atoms with Crippen molar-refractivity contribution < 1.29 is 30.0 Å². The number of nitrogens with zero attached hydrogens (tertiary/aromatic N) is 5. The molecule has 0 aliphatic carbocycles. The van der Waals surface area contributed by atoms with Gasteiger partial charge in [0.1, 0.15) is 17.2 Å². The summed E-state index contributed by atoms with van der Waals surface area (Å²) in [7, 11) is 0. The van der Waals surface area contributed by atoms with Gasteiger partial charge in [0.25, 0.3) is 11.8 Å². The van der Waals surface area contributed by atoms with Crippen LogP contribution in [0.1, 0.15) is 74.8 Å². The van der Waals surface area contributed by atoms with Crippen molar-refractivity contribution in [3.8, 4) is 16.9 Å². The summed E-state index contributed by atoms with van der Waals surface area (Å²) in [5.41, 5.74) is 2.72. The highest BCUT2D eigenvalue weighted by atomic mass is 32.1. The number of carbonyl (C=O) groups excluding carboxylic acids is 3. The van der Waals surface area contributed by atoms with Crippen LogP contribution in [-0.4, -0.2) is 66.0 Å². The molecule has 248 valence electrons. The largest absolute Gasteiger partial charge is 0.508 e. The van der Waals surface area contributed by atoms with Crippen molar-refractivity contribution in [3.05, 3.63) is 82.6 Å². The number of phenols is 1. The molecule has 2 aromatic heterocycles. The van der Waals surface area contributed by atoms with Gasteiger partial charge in [-0.15, -0.1) is 11.3 Å². The van der Waals surface area contributed by atoms with E-state index in [0.29, 0.717) is 22.0 Å². The molecule has 1 atom stereocenters. The first-order valence-electron chi connectivity index (χ1n) is 15.6. The molecule has 3 amide bonds. The molecule has 4 aromatic rings. The topological polar surface area (TPSA) is 130 Å². The van der Waals surface area contributed by atoms with Gasteiger partial charge in [-0.25, -0.2) is 19.2 Å². The molecule has 1 fully saturated rings. The summed E-state index contributed by atoms with van der Waals surface area (Å²) in [5, 5.41) is 14.5. The Morgan fingerprint density at radius 1 is 1.06 bits per heavy atom. The number of imidazole rings is 1. The van der Waals surface area contributed by atoms with E-state index >= 15 is 4.39 Å². The SMILES string of the molecule is CC(C)(C)OC(=O)N1CCCC1.O=C(Nc1nccs1)C(c1ncn2c1CCC2)N1Cc2c(F)cc(-c3ccc(O)cc3)cc2C1=O.[HH]. The highest BCUT2D eigenvalue weighted by Crippen LogP contribution is 2.38. The molecule has 1 saturated heterocycles. The van der Waals surface area contributed by atoms with Crippen LogP contribution in [0.25, 0.3) is 11.1 Å². The Bertz CT molecular complexity index is 1780. The van der Waals surface area contributed by atoms with E-state index in [4.69, 9.17) is 4.74 Å². The van der Waals surface area contributed by atoms with Crippen LogP contribution in [0.5, 0.6) is 5.75 Å². The molecule has 0 spiro atoms. The van der Waals surface area contributed by atoms with E-state index in [1.54, 1.807) is 41.0 Å². The number of likely N-dealkylation sites (tertiary alicyclic amines) is 1. The molecule has 0 saturated carbocycles. The third kappa shape index (κ3) is 6.99. The summed E-state index contributed by atoms with van der Waals surface area (Å²) in [5.74, 6) is -1.29. The normalized spacial score (nSPS) is 16.0. The lowest BCUT2D eigenvalue weighted by Crippen LogP contribution is -2.38. The van der Waals surface area contributed by atoms with E-state index in [0.717, 1.165) is 51.0 Å². The van der Waals surface area contributed by atoms with Crippen molar-refractivity contribution in [2.45, 2.75) is 71.2 Å². The summed E-state index contributed by atoms with van der Waals surface area (Å²) in [6.45, 7) is 8.15.